The molecule has 0 bridgehead atoms. The number of nitrogens with zero attached hydrogens (tertiary/aromatic N) is 4. The minimum atomic E-state index is -1.09. The number of aromatic nitrogens is 2. The number of alkyl halides is 1. The smallest absolute Gasteiger partial charge is 0.206 e. The third kappa shape index (κ3) is 3.18. The first-order valence-corrected chi connectivity index (χ1v) is 8.96. The van der Waals surface area contributed by atoms with Crippen molar-refractivity contribution in [1.82, 2.24) is 9.55 Å². The predicted octanol–water partition coefficient (Wildman–Crippen LogP) is 3.11. The number of hydrogen-bond donors (Lipinski definition) is 1. The zero-order valence-electron chi connectivity index (χ0n) is 14.9. The van der Waals surface area contributed by atoms with Crippen LogP contribution in [0, 0.1) is 23.0 Å². The van der Waals surface area contributed by atoms with Crippen molar-refractivity contribution in [2.45, 2.75) is 25.2 Å². The molecule has 28 heavy (non-hydrogen) atoms. The van der Waals surface area contributed by atoms with Crippen molar-refractivity contribution in [2.24, 2.45) is 5.73 Å². The fraction of sp³-hybridized carbons (Fsp3) is 0.300. The number of benzene rings is 2. The SMILES string of the molecule is N#Cc1ccccc1Cn1c(N2CC[C@@H](F)[C@H](N)C2)nc2cc(F)c(F)cc21. The molecule has 1 fully saturated rings. The van der Waals surface area contributed by atoms with Gasteiger partial charge in [0, 0.05) is 25.2 Å². The van der Waals surface area contributed by atoms with Gasteiger partial charge in [-0.15, -0.1) is 0 Å². The second-order valence-electron chi connectivity index (χ2n) is 6.94. The summed E-state index contributed by atoms with van der Waals surface area (Å²) in [6.45, 7) is 0.879. The molecule has 0 spiro atoms. The minimum Gasteiger partial charge on any atom is -0.340 e. The zero-order chi connectivity index (χ0) is 19.8. The third-order valence-electron chi connectivity index (χ3n) is 5.09. The van der Waals surface area contributed by atoms with Crippen LogP contribution in [-0.2, 0) is 6.54 Å². The first-order chi connectivity index (χ1) is 13.5. The van der Waals surface area contributed by atoms with E-state index in [1.807, 2.05) is 4.90 Å². The molecule has 2 heterocycles. The van der Waals surface area contributed by atoms with Gasteiger partial charge < -0.3 is 15.2 Å². The summed E-state index contributed by atoms with van der Waals surface area (Å²) in [5.74, 6) is -1.51. The number of piperidine rings is 1. The summed E-state index contributed by atoms with van der Waals surface area (Å²) in [5, 5.41) is 9.37. The summed E-state index contributed by atoms with van der Waals surface area (Å²) in [7, 11) is 0. The molecule has 0 saturated carbocycles. The van der Waals surface area contributed by atoms with E-state index in [1.165, 1.54) is 0 Å². The summed E-state index contributed by atoms with van der Waals surface area (Å²) in [6.07, 6.45) is -0.842. The molecule has 3 aromatic rings. The Balaban J connectivity index is 1.84. The van der Waals surface area contributed by atoms with Crippen LogP contribution in [0.25, 0.3) is 11.0 Å². The molecule has 4 rings (SSSR count). The van der Waals surface area contributed by atoms with E-state index in [4.69, 9.17) is 5.73 Å². The van der Waals surface area contributed by atoms with Crippen LogP contribution in [0.4, 0.5) is 19.1 Å². The second-order valence-corrected chi connectivity index (χ2v) is 6.94. The molecule has 0 radical (unpaired) electrons. The van der Waals surface area contributed by atoms with Crippen molar-refractivity contribution in [3.05, 3.63) is 59.2 Å². The highest BCUT2D eigenvalue weighted by Crippen LogP contribution is 2.29. The summed E-state index contributed by atoms with van der Waals surface area (Å²) >= 11 is 0. The van der Waals surface area contributed by atoms with Crippen LogP contribution in [0.15, 0.2) is 36.4 Å². The molecule has 0 unspecified atom stereocenters. The van der Waals surface area contributed by atoms with E-state index in [2.05, 4.69) is 11.1 Å². The number of fused-ring (bicyclic) bond motifs is 1. The number of anilines is 1. The summed E-state index contributed by atoms with van der Waals surface area (Å²) in [6, 6.07) is 10.7. The lowest BCUT2D eigenvalue weighted by atomic mass is 10.1. The molecule has 1 aromatic heterocycles. The maximum absolute atomic E-state index is 13.9. The molecule has 8 heteroatoms. The van der Waals surface area contributed by atoms with E-state index in [9.17, 15) is 18.4 Å². The molecule has 1 aliphatic rings. The largest absolute Gasteiger partial charge is 0.340 e. The van der Waals surface area contributed by atoms with Gasteiger partial charge >= 0.3 is 0 Å². The topological polar surface area (TPSA) is 70.9 Å². The van der Waals surface area contributed by atoms with E-state index >= 15 is 0 Å². The van der Waals surface area contributed by atoms with Gasteiger partial charge in [0.05, 0.1) is 35.3 Å². The van der Waals surface area contributed by atoms with Gasteiger partial charge in [-0.1, -0.05) is 18.2 Å². The number of hydrogen-bond acceptors (Lipinski definition) is 4. The quantitative estimate of drug-likeness (QED) is 0.752. The highest BCUT2D eigenvalue weighted by atomic mass is 19.2. The maximum atomic E-state index is 13.9. The standard InChI is InChI=1S/C20H18F3N5/c21-14-5-6-27(11-17(14)25)20-26-18-7-15(22)16(23)8-19(18)28(20)10-13-4-2-1-3-12(13)9-24/h1-4,7-8,14,17H,5-6,10-11,25H2/t14-,17-/m1/s1. The van der Waals surface area contributed by atoms with Crippen molar-refractivity contribution >= 4 is 17.0 Å². The molecule has 2 N–H and O–H groups in total. The fourth-order valence-corrected chi connectivity index (χ4v) is 3.58. The molecule has 1 aliphatic heterocycles. The number of rotatable bonds is 3. The molecule has 5 nitrogen and oxygen atoms in total. The lowest BCUT2D eigenvalue weighted by Gasteiger charge is -2.34. The van der Waals surface area contributed by atoms with E-state index in [1.54, 1.807) is 28.8 Å². The molecule has 144 valence electrons. The lowest BCUT2D eigenvalue weighted by molar-refractivity contribution is 0.243. The number of halogens is 3. The van der Waals surface area contributed by atoms with Gasteiger partial charge in [0.2, 0.25) is 5.95 Å². The first kappa shape index (κ1) is 18.3. The molecular formula is C20H18F3N5. The summed E-state index contributed by atoms with van der Waals surface area (Å²) in [5.41, 5.74) is 7.78. The van der Waals surface area contributed by atoms with Crippen LogP contribution in [0.5, 0.6) is 0 Å². The van der Waals surface area contributed by atoms with Crippen molar-refractivity contribution in [1.29, 1.82) is 5.26 Å². The van der Waals surface area contributed by atoms with Crippen LogP contribution in [-0.4, -0.2) is 34.9 Å². The van der Waals surface area contributed by atoms with Crippen molar-refractivity contribution in [3.8, 4) is 6.07 Å². The van der Waals surface area contributed by atoms with Crippen LogP contribution >= 0.6 is 0 Å². The monoisotopic (exact) mass is 385 g/mol. The Morgan fingerprint density at radius 3 is 2.71 bits per heavy atom. The van der Waals surface area contributed by atoms with Gasteiger partial charge in [0.15, 0.2) is 11.6 Å². The van der Waals surface area contributed by atoms with E-state index in [0.29, 0.717) is 29.1 Å². The van der Waals surface area contributed by atoms with Gasteiger partial charge in [0.25, 0.3) is 0 Å². The molecule has 2 atom stereocenters. The Bertz CT molecular complexity index is 1070. The lowest BCUT2D eigenvalue weighted by Crippen LogP contribution is -2.50. The zero-order valence-corrected chi connectivity index (χ0v) is 14.9. The fourth-order valence-electron chi connectivity index (χ4n) is 3.58. The van der Waals surface area contributed by atoms with Gasteiger partial charge in [-0.2, -0.15) is 5.26 Å². The van der Waals surface area contributed by atoms with Crippen LogP contribution in [0.1, 0.15) is 17.5 Å². The van der Waals surface area contributed by atoms with Gasteiger partial charge in [-0.05, 0) is 18.1 Å². The minimum absolute atomic E-state index is 0.241. The van der Waals surface area contributed by atoms with Crippen LogP contribution < -0.4 is 10.6 Å². The van der Waals surface area contributed by atoms with Crippen LogP contribution in [0.2, 0.25) is 0 Å². The average molecular weight is 385 g/mol. The highest BCUT2D eigenvalue weighted by molar-refractivity contribution is 5.79. The normalized spacial score (nSPS) is 19.8. The van der Waals surface area contributed by atoms with Crippen molar-refractivity contribution in [3.63, 3.8) is 0 Å². The van der Waals surface area contributed by atoms with E-state index in [-0.39, 0.29) is 19.5 Å². The third-order valence-corrected chi connectivity index (χ3v) is 5.09. The molecule has 2 aromatic carbocycles. The second kappa shape index (κ2) is 7.17. The molecule has 0 amide bonds. The van der Waals surface area contributed by atoms with Gasteiger partial charge in [-0.3, -0.25) is 0 Å². The Kier molecular flexibility index (Phi) is 4.69. The number of nitriles is 1. The van der Waals surface area contributed by atoms with E-state index < -0.39 is 23.8 Å². The van der Waals surface area contributed by atoms with Crippen molar-refractivity contribution in [2.75, 3.05) is 18.0 Å². The Hall–Kier alpha value is -3.05. The first-order valence-electron chi connectivity index (χ1n) is 8.96. The molecular weight excluding hydrogens is 367 g/mol. The molecule has 1 saturated heterocycles. The maximum Gasteiger partial charge on any atom is 0.206 e. The Labute approximate surface area is 159 Å². The van der Waals surface area contributed by atoms with E-state index in [0.717, 1.165) is 17.7 Å². The highest BCUT2D eigenvalue weighted by Gasteiger charge is 2.29. The van der Waals surface area contributed by atoms with Gasteiger partial charge in [-0.25, -0.2) is 18.2 Å². The summed E-state index contributed by atoms with van der Waals surface area (Å²) < 4.78 is 43.2. The molecule has 0 aliphatic carbocycles. The van der Waals surface area contributed by atoms with Crippen LogP contribution in [0.3, 0.4) is 0 Å². The average Bonchev–Trinajstić information content (AvgIpc) is 3.02. The van der Waals surface area contributed by atoms with Crippen molar-refractivity contribution < 1.29 is 13.2 Å². The van der Waals surface area contributed by atoms with Gasteiger partial charge in [0.1, 0.15) is 6.17 Å². The Morgan fingerprint density at radius 2 is 1.96 bits per heavy atom. The summed E-state index contributed by atoms with van der Waals surface area (Å²) in [4.78, 5) is 6.30. The Morgan fingerprint density at radius 1 is 1.21 bits per heavy atom. The number of imidazole rings is 1. The predicted molar refractivity (Wildman–Crippen MR) is 99.6 cm³/mol. The number of nitrogens with two attached hydrogens (primary N) is 1.